The fourth-order valence-electron chi connectivity index (χ4n) is 1.72. The van der Waals surface area contributed by atoms with E-state index >= 15 is 0 Å². The smallest absolute Gasteiger partial charge is 0.387 e. The van der Waals surface area contributed by atoms with E-state index in [2.05, 4.69) is 14.8 Å². The Labute approximate surface area is 148 Å². The predicted molar refractivity (Wildman–Crippen MR) is 87.3 cm³/mol. The molecule has 1 rings (SSSR count). The Morgan fingerprint density at radius 1 is 1.19 bits per heavy atom. The Kier molecular flexibility index (Phi) is 9.37. The number of hydrogen-bond acceptors (Lipinski definition) is 6. The number of alkyl halides is 2. The number of carbonyl (C=O) groups is 3. The first-order valence-corrected chi connectivity index (χ1v) is 7.64. The van der Waals surface area contributed by atoms with Crippen LogP contribution < -0.4 is 10.1 Å². The Morgan fingerprint density at radius 3 is 2.50 bits per heavy atom. The minimum absolute atomic E-state index is 0.00333. The van der Waals surface area contributed by atoms with Gasteiger partial charge in [-0.25, -0.2) is 4.79 Å². The number of benzene rings is 1. The number of esters is 2. The van der Waals surface area contributed by atoms with Gasteiger partial charge >= 0.3 is 18.6 Å². The maximum Gasteiger partial charge on any atom is 0.387 e. The van der Waals surface area contributed by atoms with E-state index in [1.165, 1.54) is 37.5 Å². The van der Waals surface area contributed by atoms with Gasteiger partial charge in [-0.1, -0.05) is 12.1 Å². The first kappa shape index (κ1) is 21.1. The van der Waals surface area contributed by atoms with Crippen molar-refractivity contribution in [3.8, 4) is 5.75 Å². The van der Waals surface area contributed by atoms with Gasteiger partial charge in [0.25, 0.3) is 5.91 Å². The van der Waals surface area contributed by atoms with E-state index in [9.17, 15) is 23.2 Å². The number of methoxy groups -OCH3 is 1. The van der Waals surface area contributed by atoms with Crippen LogP contribution in [-0.4, -0.2) is 44.7 Å². The van der Waals surface area contributed by atoms with Crippen LogP contribution in [0.4, 0.5) is 8.78 Å². The minimum atomic E-state index is -2.90. The van der Waals surface area contributed by atoms with Crippen LogP contribution in [-0.2, 0) is 23.9 Å². The van der Waals surface area contributed by atoms with Crippen LogP contribution in [0.15, 0.2) is 30.3 Å². The minimum Gasteiger partial charge on any atom is -0.469 e. The molecule has 0 saturated heterocycles. The van der Waals surface area contributed by atoms with E-state index in [1.54, 1.807) is 0 Å². The quantitative estimate of drug-likeness (QED) is 0.384. The van der Waals surface area contributed by atoms with Crippen LogP contribution in [0.3, 0.4) is 0 Å². The van der Waals surface area contributed by atoms with Crippen molar-refractivity contribution in [3.63, 3.8) is 0 Å². The van der Waals surface area contributed by atoms with Crippen molar-refractivity contribution in [2.45, 2.75) is 19.5 Å². The summed E-state index contributed by atoms with van der Waals surface area (Å²) < 4.78 is 37.5. The fourth-order valence-corrected chi connectivity index (χ4v) is 1.72. The van der Waals surface area contributed by atoms with Gasteiger partial charge in [-0.2, -0.15) is 8.78 Å². The molecule has 9 heteroatoms. The van der Waals surface area contributed by atoms with E-state index < -0.39 is 25.1 Å². The van der Waals surface area contributed by atoms with Crippen molar-refractivity contribution < 1.29 is 37.4 Å². The summed E-state index contributed by atoms with van der Waals surface area (Å²) >= 11 is 0. The SMILES string of the molecule is COC(=O)CCCNC(=O)COC(=O)/C=C/c1ccc(OC(F)F)cc1. The molecule has 26 heavy (non-hydrogen) atoms. The van der Waals surface area contributed by atoms with Crippen LogP contribution in [0.5, 0.6) is 5.75 Å². The second-order valence-electron chi connectivity index (χ2n) is 4.92. The van der Waals surface area contributed by atoms with Crippen molar-refractivity contribution >= 4 is 23.9 Å². The molecule has 0 unspecified atom stereocenters. The Bertz CT molecular complexity index is 631. The molecule has 0 aliphatic carbocycles. The molecule has 142 valence electrons. The maximum atomic E-state index is 12.0. The Morgan fingerprint density at radius 2 is 1.88 bits per heavy atom. The average molecular weight is 371 g/mol. The normalized spacial score (nSPS) is 10.6. The third-order valence-electron chi connectivity index (χ3n) is 2.97. The molecule has 0 bridgehead atoms. The molecule has 1 aromatic rings. The van der Waals surface area contributed by atoms with Crippen LogP contribution in [0.25, 0.3) is 6.08 Å². The molecule has 0 heterocycles. The van der Waals surface area contributed by atoms with E-state index in [0.29, 0.717) is 12.0 Å². The van der Waals surface area contributed by atoms with Crippen LogP contribution >= 0.6 is 0 Å². The van der Waals surface area contributed by atoms with Gasteiger partial charge in [-0.05, 0) is 30.2 Å². The largest absolute Gasteiger partial charge is 0.469 e. The summed E-state index contributed by atoms with van der Waals surface area (Å²) in [5.41, 5.74) is 0.566. The molecular formula is C17H19F2NO6. The molecule has 0 spiro atoms. The topological polar surface area (TPSA) is 90.9 Å². The molecule has 1 aromatic carbocycles. The van der Waals surface area contributed by atoms with E-state index in [1.807, 2.05) is 0 Å². The summed E-state index contributed by atoms with van der Waals surface area (Å²) in [4.78, 5) is 33.8. The number of carbonyl (C=O) groups excluding carboxylic acids is 3. The van der Waals surface area contributed by atoms with Crippen LogP contribution in [0.1, 0.15) is 18.4 Å². The first-order chi connectivity index (χ1) is 12.4. The van der Waals surface area contributed by atoms with E-state index in [4.69, 9.17) is 4.74 Å². The lowest BCUT2D eigenvalue weighted by atomic mass is 10.2. The van der Waals surface area contributed by atoms with Crippen molar-refractivity contribution in [1.29, 1.82) is 0 Å². The lowest BCUT2D eigenvalue weighted by molar-refractivity contribution is -0.143. The molecule has 0 atom stereocenters. The van der Waals surface area contributed by atoms with Gasteiger partial charge in [0.1, 0.15) is 5.75 Å². The van der Waals surface area contributed by atoms with Crippen LogP contribution in [0, 0.1) is 0 Å². The molecule has 7 nitrogen and oxygen atoms in total. The molecule has 0 aromatic heterocycles. The highest BCUT2D eigenvalue weighted by Crippen LogP contribution is 2.15. The number of amides is 1. The summed E-state index contributed by atoms with van der Waals surface area (Å²) in [6.07, 6.45) is 3.11. The Hall–Kier alpha value is -2.97. The summed E-state index contributed by atoms with van der Waals surface area (Å²) in [6, 6.07) is 5.63. The number of ether oxygens (including phenoxy) is 3. The van der Waals surface area contributed by atoms with Gasteiger partial charge in [0.15, 0.2) is 6.61 Å². The van der Waals surface area contributed by atoms with Crippen molar-refractivity contribution in [1.82, 2.24) is 5.32 Å². The highest BCUT2D eigenvalue weighted by molar-refractivity contribution is 5.89. The molecule has 0 radical (unpaired) electrons. The van der Waals surface area contributed by atoms with Crippen molar-refractivity contribution in [2.24, 2.45) is 0 Å². The van der Waals surface area contributed by atoms with Crippen LogP contribution in [0.2, 0.25) is 0 Å². The highest BCUT2D eigenvalue weighted by atomic mass is 19.3. The van der Waals surface area contributed by atoms with Crippen molar-refractivity contribution in [3.05, 3.63) is 35.9 Å². The second kappa shape index (κ2) is 11.6. The van der Waals surface area contributed by atoms with Gasteiger partial charge in [-0.3, -0.25) is 9.59 Å². The standard InChI is InChI=1S/C17H19F2NO6/c1-24-15(22)3-2-10-20-14(21)11-25-16(23)9-6-12-4-7-13(8-5-12)26-17(18)19/h4-9,17H,2-3,10-11H2,1H3,(H,20,21)/b9-6+. The zero-order valence-electron chi connectivity index (χ0n) is 14.1. The third kappa shape index (κ3) is 9.36. The Balaban J connectivity index is 2.27. The number of nitrogens with one attached hydrogen (secondary N) is 1. The first-order valence-electron chi connectivity index (χ1n) is 7.64. The zero-order valence-corrected chi connectivity index (χ0v) is 14.1. The molecule has 0 aliphatic heterocycles. The molecule has 0 fully saturated rings. The number of rotatable bonds is 10. The molecule has 0 aliphatic rings. The van der Waals surface area contributed by atoms with E-state index in [-0.39, 0.29) is 24.7 Å². The second-order valence-corrected chi connectivity index (χ2v) is 4.92. The summed E-state index contributed by atoms with van der Waals surface area (Å²) in [5.74, 6) is -1.60. The maximum absolute atomic E-state index is 12.0. The monoisotopic (exact) mass is 371 g/mol. The van der Waals surface area contributed by atoms with Gasteiger partial charge in [0.05, 0.1) is 7.11 Å². The lowest BCUT2D eigenvalue weighted by Crippen LogP contribution is -2.29. The zero-order chi connectivity index (χ0) is 19.4. The number of hydrogen-bond donors (Lipinski definition) is 1. The molecule has 1 amide bonds. The van der Waals surface area contributed by atoms with Gasteiger partial charge < -0.3 is 19.5 Å². The van der Waals surface area contributed by atoms with Gasteiger partial charge in [-0.15, -0.1) is 0 Å². The molecule has 1 N–H and O–H groups in total. The highest BCUT2D eigenvalue weighted by Gasteiger charge is 2.06. The molecule has 0 saturated carbocycles. The lowest BCUT2D eigenvalue weighted by Gasteiger charge is -2.05. The van der Waals surface area contributed by atoms with Crippen molar-refractivity contribution in [2.75, 3.05) is 20.3 Å². The summed E-state index contributed by atoms with van der Waals surface area (Å²) in [5, 5.41) is 2.49. The summed E-state index contributed by atoms with van der Waals surface area (Å²) in [7, 11) is 1.28. The fraction of sp³-hybridized carbons (Fsp3) is 0.353. The van der Waals surface area contributed by atoms with E-state index in [0.717, 1.165) is 6.08 Å². The van der Waals surface area contributed by atoms with Gasteiger partial charge in [0, 0.05) is 19.0 Å². The predicted octanol–water partition coefficient (Wildman–Crippen LogP) is 1.91. The van der Waals surface area contributed by atoms with Gasteiger partial charge in [0.2, 0.25) is 0 Å². The summed E-state index contributed by atoms with van der Waals surface area (Å²) in [6.45, 7) is -3.10. The average Bonchev–Trinajstić information content (AvgIpc) is 2.62. The third-order valence-corrected chi connectivity index (χ3v) is 2.97. The number of halogens is 2. The molecular weight excluding hydrogens is 352 g/mol.